The van der Waals surface area contributed by atoms with Crippen LogP contribution < -0.4 is 5.32 Å². The fourth-order valence-electron chi connectivity index (χ4n) is 2.84. The Labute approximate surface area is 183 Å². The number of anilines is 1. The number of amides is 2. The summed E-state index contributed by atoms with van der Waals surface area (Å²) in [5.74, 6) is -0.906. The van der Waals surface area contributed by atoms with E-state index in [1.54, 1.807) is 53.4 Å². The molecule has 0 aromatic heterocycles. The van der Waals surface area contributed by atoms with E-state index < -0.39 is 11.2 Å². The van der Waals surface area contributed by atoms with Gasteiger partial charge in [-0.2, -0.15) is 0 Å². The van der Waals surface area contributed by atoms with E-state index in [1.165, 1.54) is 18.9 Å². The van der Waals surface area contributed by atoms with Crippen molar-refractivity contribution in [3.8, 4) is 0 Å². The lowest BCUT2D eigenvalue weighted by atomic mass is 10.2. The minimum absolute atomic E-state index is 0.0746. The van der Waals surface area contributed by atoms with Crippen LogP contribution in [-0.2, 0) is 14.3 Å². The molecule has 2 aromatic rings. The van der Waals surface area contributed by atoms with Crippen LogP contribution in [0, 0.1) is 0 Å². The second-order valence-electron chi connectivity index (χ2n) is 6.38. The van der Waals surface area contributed by atoms with Crippen LogP contribution in [0.2, 0.25) is 5.02 Å². The summed E-state index contributed by atoms with van der Waals surface area (Å²) < 4.78 is 4.69. The molecule has 1 aliphatic heterocycles. The third kappa shape index (κ3) is 5.20. The smallest absolute Gasteiger partial charge is 0.337 e. The highest BCUT2D eigenvalue weighted by atomic mass is 35.5. The molecule has 9 heteroatoms. The highest BCUT2D eigenvalue weighted by Gasteiger charge is 2.35. The minimum atomic E-state index is -0.618. The van der Waals surface area contributed by atoms with Crippen LogP contribution in [0.15, 0.2) is 53.5 Å². The molecular formula is C21H20ClN3O4S. The summed E-state index contributed by atoms with van der Waals surface area (Å²) in [6.07, 6.45) is 0.0746. The van der Waals surface area contributed by atoms with E-state index in [1.807, 2.05) is 6.92 Å². The van der Waals surface area contributed by atoms with Gasteiger partial charge < -0.3 is 10.1 Å². The fraction of sp³-hybridized carbons (Fsp3) is 0.238. The number of nitrogens with zero attached hydrogens (tertiary/aromatic N) is 2. The van der Waals surface area contributed by atoms with E-state index >= 15 is 0 Å². The Morgan fingerprint density at radius 3 is 2.63 bits per heavy atom. The number of hydrogen-bond acceptors (Lipinski definition) is 6. The maximum atomic E-state index is 12.7. The fourth-order valence-corrected chi connectivity index (χ4v) is 4.19. The van der Waals surface area contributed by atoms with Gasteiger partial charge in [0.2, 0.25) is 11.8 Å². The molecular weight excluding hydrogens is 426 g/mol. The number of carbonyl (C=O) groups is 3. The molecule has 30 heavy (non-hydrogen) atoms. The number of amidine groups is 1. The molecule has 1 atom stereocenters. The van der Waals surface area contributed by atoms with Crippen molar-refractivity contribution in [3.05, 3.63) is 59.1 Å². The average molecular weight is 446 g/mol. The second-order valence-corrected chi connectivity index (χ2v) is 7.99. The van der Waals surface area contributed by atoms with E-state index in [-0.39, 0.29) is 18.2 Å². The van der Waals surface area contributed by atoms with Gasteiger partial charge in [0.1, 0.15) is 5.25 Å². The van der Waals surface area contributed by atoms with Crippen molar-refractivity contribution in [3.63, 3.8) is 0 Å². The highest BCUT2D eigenvalue weighted by Crippen LogP contribution is 2.30. The Bertz CT molecular complexity index is 994. The number of ether oxygens (including phenoxy) is 1. The molecule has 156 valence electrons. The molecule has 3 rings (SSSR count). The van der Waals surface area contributed by atoms with E-state index in [0.29, 0.717) is 33.7 Å². The molecule has 0 unspecified atom stereocenters. The summed E-state index contributed by atoms with van der Waals surface area (Å²) in [7, 11) is 1.31. The monoisotopic (exact) mass is 445 g/mol. The number of hydrogen-bond donors (Lipinski definition) is 1. The summed E-state index contributed by atoms with van der Waals surface area (Å²) in [4.78, 5) is 43.0. The Balaban J connectivity index is 1.80. The maximum Gasteiger partial charge on any atom is 0.337 e. The molecule has 2 aromatic carbocycles. The number of nitrogens with one attached hydrogen (secondary N) is 1. The van der Waals surface area contributed by atoms with Gasteiger partial charge in [-0.25, -0.2) is 9.79 Å². The number of methoxy groups -OCH3 is 1. The number of aliphatic imine (C=N–C) groups is 1. The van der Waals surface area contributed by atoms with Crippen LogP contribution >= 0.6 is 23.4 Å². The Kier molecular flexibility index (Phi) is 7.12. The van der Waals surface area contributed by atoms with Crippen LogP contribution in [0.1, 0.15) is 23.7 Å². The highest BCUT2D eigenvalue weighted by molar-refractivity contribution is 8.15. The van der Waals surface area contributed by atoms with Crippen LogP contribution in [0.25, 0.3) is 0 Å². The van der Waals surface area contributed by atoms with Crippen LogP contribution in [0.4, 0.5) is 11.4 Å². The van der Waals surface area contributed by atoms with Gasteiger partial charge in [-0.1, -0.05) is 29.4 Å². The van der Waals surface area contributed by atoms with Crippen LogP contribution in [0.3, 0.4) is 0 Å². The first-order chi connectivity index (χ1) is 14.4. The normalized spacial score (nSPS) is 17.7. The first kappa shape index (κ1) is 21.9. The predicted molar refractivity (Wildman–Crippen MR) is 118 cm³/mol. The van der Waals surface area contributed by atoms with E-state index in [9.17, 15) is 14.4 Å². The number of thioether (sulfide) groups is 1. The van der Waals surface area contributed by atoms with Crippen molar-refractivity contribution in [2.45, 2.75) is 18.6 Å². The SMILES string of the molecule is CCN1C(=O)C[C@H](C(=O)Nc2cccc(Cl)c2)SC1=Nc1ccc(C(=O)OC)cc1. The molecule has 0 aliphatic carbocycles. The van der Waals surface area contributed by atoms with Gasteiger partial charge in [-0.3, -0.25) is 14.5 Å². The molecule has 1 saturated heterocycles. The summed E-state index contributed by atoms with van der Waals surface area (Å²) in [6.45, 7) is 2.29. The molecule has 2 amide bonds. The number of benzene rings is 2. The van der Waals surface area contributed by atoms with E-state index in [4.69, 9.17) is 11.6 Å². The quantitative estimate of drug-likeness (QED) is 0.700. The zero-order chi connectivity index (χ0) is 21.7. The van der Waals surface area contributed by atoms with Crippen molar-refractivity contribution in [1.29, 1.82) is 0 Å². The van der Waals surface area contributed by atoms with Crippen LogP contribution in [-0.4, -0.2) is 46.8 Å². The lowest BCUT2D eigenvalue weighted by molar-refractivity contribution is -0.129. The van der Waals surface area contributed by atoms with Crippen molar-refractivity contribution in [2.24, 2.45) is 4.99 Å². The zero-order valence-electron chi connectivity index (χ0n) is 16.4. The van der Waals surface area contributed by atoms with E-state index in [0.717, 1.165) is 0 Å². The maximum absolute atomic E-state index is 12.7. The standard InChI is InChI=1S/C21H20ClN3O4S/c1-3-25-18(26)12-17(19(27)23-16-6-4-5-14(22)11-16)30-21(25)24-15-9-7-13(8-10-15)20(28)29-2/h4-11,17H,3,12H2,1-2H3,(H,23,27)/t17-/m1/s1. The zero-order valence-corrected chi connectivity index (χ0v) is 18.0. The Hall–Kier alpha value is -2.84. The first-order valence-corrected chi connectivity index (χ1v) is 10.5. The number of rotatable bonds is 5. The van der Waals surface area contributed by atoms with Gasteiger partial charge in [-0.15, -0.1) is 0 Å². The van der Waals surface area contributed by atoms with Crippen LogP contribution in [0.5, 0.6) is 0 Å². The molecule has 1 aliphatic rings. The first-order valence-electron chi connectivity index (χ1n) is 9.21. The summed E-state index contributed by atoms with van der Waals surface area (Å²) in [5.41, 5.74) is 1.53. The third-order valence-corrected chi connectivity index (χ3v) is 5.78. The minimum Gasteiger partial charge on any atom is -0.465 e. The van der Waals surface area contributed by atoms with Gasteiger partial charge >= 0.3 is 5.97 Å². The molecule has 7 nitrogen and oxygen atoms in total. The molecule has 0 radical (unpaired) electrons. The van der Waals surface area contributed by atoms with Gasteiger partial charge in [-0.05, 0) is 49.4 Å². The van der Waals surface area contributed by atoms with Gasteiger partial charge in [0.05, 0.1) is 18.4 Å². The molecule has 1 fully saturated rings. The summed E-state index contributed by atoms with van der Waals surface area (Å²) in [5, 5.41) is 3.12. The lowest BCUT2D eigenvalue weighted by Gasteiger charge is -2.30. The Morgan fingerprint density at radius 1 is 1.27 bits per heavy atom. The lowest BCUT2D eigenvalue weighted by Crippen LogP contribution is -2.45. The van der Waals surface area contributed by atoms with Crippen molar-refractivity contribution < 1.29 is 19.1 Å². The predicted octanol–water partition coefficient (Wildman–Crippen LogP) is 4.11. The van der Waals surface area contributed by atoms with Crippen molar-refractivity contribution in [2.75, 3.05) is 19.0 Å². The van der Waals surface area contributed by atoms with Gasteiger partial charge in [0, 0.05) is 23.7 Å². The molecule has 1 N–H and O–H groups in total. The molecule has 1 heterocycles. The number of halogens is 1. The average Bonchev–Trinajstić information content (AvgIpc) is 2.73. The van der Waals surface area contributed by atoms with Crippen molar-refractivity contribution >= 4 is 57.7 Å². The van der Waals surface area contributed by atoms with Gasteiger partial charge in [0.25, 0.3) is 0 Å². The topological polar surface area (TPSA) is 88.1 Å². The third-order valence-electron chi connectivity index (χ3n) is 4.35. The number of carbonyl (C=O) groups excluding carboxylic acids is 3. The van der Waals surface area contributed by atoms with E-state index in [2.05, 4.69) is 15.0 Å². The second kappa shape index (κ2) is 9.77. The molecule has 0 bridgehead atoms. The molecule has 0 spiro atoms. The largest absolute Gasteiger partial charge is 0.465 e. The van der Waals surface area contributed by atoms with Crippen molar-refractivity contribution in [1.82, 2.24) is 4.90 Å². The summed E-state index contributed by atoms with van der Waals surface area (Å²) >= 11 is 7.19. The van der Waals surface area contributed by atoms with Gasteiger partial charge in [0.15, 0.2) is 5.17 Å². The number of esters is 1. The Morgan fingerprint density at radius 2 is 2.00 bits per heavy atom. The summed E-state index contributed by atoms with van der Waals surface area (Å²) in [6, 6.07) is 13.3. The molecule has 0 saturated carbocycles.